The van der Waals surface area contributed by atoms with Gasteiger partial charge in [0.1, 0.15) is 12.2 Å². The molecular weight excluding hydrogens is 262 g/mol. The second kappa shape index (κ2) is 5.24. The average molecular weight is 277 g/mol. The molecular formula is C12H15N5O3. The Hall–Kier alpha value is -2.51. The number of rotatable bonds is 4. The summed E-state index contributed by atoms with van der Waals surface area (Å²) in [5, 5.41) is 15.4. The summed E-state index contributed by atoms with van der Waals surface area (Å²) in [7, 11) is 0. The number of hydrogen-bond donors (Lipinski definition) is 2. The van der Waals surface area contributed by atoms with E-state index in [1.165, 1.54) is 10.9 Å². The van der Waals surface area contributed by atoms with Gasteiger partial charge in [0.2, 0.25) is 0 Å². The molecule has 0 fully saturated rings. The summed E-state index contributed by atoms with van der Waals surface area (Å²) in [5.74, 6) is -0.447. The van der Waals surface area contributed by atoms with Crippen LogP contribution in [0.25, 0.3) is 0 Å². The molecule has 2 aromatic heterocycles. The molecule has 0 radical (unpaired) electrons. The van der Waals surface area contributed by atoms with Crippen LogP contribution in [0, 0.1) is 13.8 Å². The quantitative estimate of drug-likeness (QED) is 0.826. The molecule has 0 amide bonds. The fourth-order valence-corrected chi connectivity index (χ4v) is 2.22. The standard InChI is InChI=1S/C12H15N5O3/c1-6-9(4-10(18)19)7(2)17(12(20)15-6)8(3)11-13-5-14-16-11/h5,8H,4H2,1-3H3,(H,18,19)(H,13,14,16). The van der Waals surface area contributed by atoms with Crippen LogP contribution in [0.1, 0.15) is 35.7 Å². The highest BCUT2D eigenvalue weighted by Gasteiger charge is 2.20. The second-order valence-electron chi connectivity index (χ2n) is 4.53. The zero-order valence-corrected chi connectivity index (χ0v) is 11.4. The number of carboxylic acids is 1. The number of nitrogens with one attached hydrogen (secondary N) is 1. The Morgan fingerprint density at radius 3 is 2.75 bits per heavy atom. The summed E-state index contributed by atoms with van der Waals surface area (Å²) in [6, 6.07) is -0.398. The molecule has 0 aliphatic heterocycles. The van der Waals surface area contributed by atoms with Crippen LogP contribution in [0.3, 0.4) is 0 Å². The number of aryl methyl sites for hydroxylation is 1. The molecule has 2 N–H and O–H groups in total. The minimum absolute atomic E-state index is 0.173. The number of aromatic amines is 1. The third-order valence-electron chi connectivity index (χ3n) is 3.25. The molecule has 2 rings (SSSR count). The largest absolute Gasteiger partial charge is 0.481 e. The summed E-state index contributed by atoms with van der Waals surface area (Å²) in [6.45, 7) is 5.12. The van der Waals surface area contributed by atoms with Crippen molar-refractivity contribution in [3.05, 3.63) is 39.6 Å². The van der Waals surface area contributed by atoms with Crippen molar-refractivity contribution in [2.24, 2.45) is 0 Å². The molecule has 0 aromatic carbocycles. The molecule has 1 unspecified atom stereocenters. The number of aromatic nitrogens is 5. The second-order valence-corrected chi connectivity index (χ2v) is 4.53. The van der Waals surface area contributed by atoms with Crippen LogP contribution in [0.4, 0.5) is 0 Å². The predicted octanol–water partition coefficient (Wildman–Crippen LogP) is 0.215. The van der Waals surface area contributed by atoms with Gasteiger partial charge in [-0.15, -0.1) is 0 Å². The predicted molar refractivity (Wildman–Crippen MR) is 69.5 cm³/mol. The average Bonchev–Trinajstić information content (AvgIpc) is 2.87. The molecule has 0 spiro atoms. The number of nitrogens with zero attached hydrogens (tertiary/aromatic N) is 4. The summed E-state index contributed by atoms with van der Waals surface area (Å²) >= 11 is 0. The Bertz CT molecular complexity index is 690. The van der Waals surface area contributed by atoms with Gasteiger partial charge < -0.3 is 5.11 Å². The first kappa shape index (κ1) is 13.9. The number of carboxylic acid groups (broad SMARTS) is 1. The molecule has 8 heteroatoms. The van der Waals surface area contributed by atoms with E-state index >= 15 is 0 Å². The Balaban J connectivity index is 2.58. The van der Waals surface area contributed by atoms with Crippen LogP contribution >= 0.6 is 0 Å². The Labute approximate surface area is 114 Å². The fraction of sp³-hybridized carbons (Fsp3) is 0.417. The molecule has 0 aliphatic carbocycles. The maximum atomic E-state index is 12.1. The van der Waals surface area contributed by atoms with Crippen LogP contribution in [-0.2, 0) is 11.2 Å². The number of aliphatic carboxylic acids is 1. The van der Waals surface area contributed by atoms with Gasteiger partial charge in [0, 0.05) is 17.0 Å². The van der Waals surface area contributed by atoms with Gasteiger partial charge in [-0.1, -0.05) is 0 Å². The molecule has 0 saturated carbocycles. The Morgan fingerprint density at radius 1 is 1.50 bits per heavy atom. The van der Waals surface area contributed by atoms with E-state index in [9.17, 15) is 9.59 Å². The summed E-state index contributed by atoms with van der Waals surface area (Å²) in [6.07, 6.45) is 1.18. The maximum Gasteiger partial charge on any atom is 0.348 e. The minimum atomic E-state index is -0.962. The van der Waals surface area contributed by atoms with Gasteiger partial charge in [0.15, 0.2) is 0 Å². The van der Waals surface area contributed by atoms with E-state index in [4.69, 9.17) is 5.11 Å². The number of hydrogen-bond acceptors (Lipinski definition) is 5. The first-order valence-corrected chi connectivity index (χ1v) is 6.07. The lowest BCUT2D eigenvalue weighted by molar-refractivity contribution is -0.136. The van der Waals surface area contributed by atoms with Gasteiger partial charge in [-0.2, -0.15) is 10.1 Å². The third-order valence-corrected chi connectivity index (χ3v) is 3.25. The van der Waals surface area contributed by atoms with Crippen molar-refractivity contribution in [2.75, 3.05) is 0 Å². The van der Waals surface area contributed by atoms with Crippen molar-refractivity contribution >= 4 is 5.97 Å². The van der Waals surface area contributed by atoms with Crippen LogP contribution in [0.2, 0.25) is 0 Å². The highest BCUT2D eigenvalue weighted by atomic mass is 16.4. The maximum absolute atomic E-state index is 12.1. The van der Waals surface area contributed by atoms with E-state index in [0.29, 0.717) is 22.8 Å². The zero-order chi connectivity index (χ0) is 14.9. The van der Waals surface area contributed by atoms with Crippen LogP contribution < -0.4 is 5.69 Å². The molecule has 8 nitrogen and oxygen atoms in total. The Kier molecular flexibility index (Phi) is 3.64. The van der Waals surface area contributed by atoms with Crippen molar-refractivity contribution in [1.82, 2.24) is 24.7 Å². The van der Waals surface area contributed by atoms with Crippen LogP contribution in [-0.4, -0.2) is 35.8 Å². The Morgan fingerprint density at radius 2 is 2.20 bits per heavy atom. The highest BCUT2D eigenvalue weighted by Crippen LogP contribution is 2.17. The highest BCUT2D eigenvalue weighted by molar-refractivity contribution is 5.70. The topological polar surface area (TPSA) is 114 Å². The SMILES string of the molecule is Cc1nc(=O)n(C(C)c2ncn[nH]2)c(C)c1CC(=O)O. The van der Waals surface area contributed by atoms with Gasteiger partial charge in [-0.05, 0) is 20.8 Å². The fourth-order valence-electron chi connectivity index (χ4n) is 2.22. The van der Waals surface area contributed by atoms with Gasteiger partial charge in [-0.3, -0.25) is 14.5 Å². The molecule has 0 saturated heterocycles. The molecule has 106 valence electrons. The van der Waals surface area contributed by atoms with E-state index in [1.807, 2.05) is 0 Å². The zero-order valence-electron chi connectivity index (χ0n) is 11.4. The van der Waals surface area contributed by atoms with Crippen molar-refractivity contribution < 1.29 is 9.90 Å². The molecule has 2 aromatic rings. The van der Waals surface area contributed by atoms with E-state index in [0.717, 1.165) is 0 Å². The first-order chi connectivity index (χ1) is 9.41. The van der Waals surface area contributed by atoms with Gasteiger partial charge in [0.05, 0.1) is 12.5 Å². The van der Waals surface area contributed by atoms with E-state index in [2.05, 4.69) is 20.2 Å². The minimum Gasteiger partial charge on any atom is -0.481 e. The van der Waals surface area contributed by atoms with Crippen molar-refractivity contribution in [2.45, 2.75) is 33.2 Å². The molecule has 2 heterocycles. The summed E-state index contributed by atoms with van der Waals surface area (Å²) in [5.41, 5.74) is 1.13. The third kappa shape index (κ3) is 2.44. The normalized spacial score (nSPS) is 12.3. The molecule has 20 heavy (non-hydrogen) atoms. The smallest absolute Gasteiger partial charge is 0.348 e. The van der Waals surface area contributed by atoms with Gasteiger partial charge in [0.25, 0.3) is 0 Å². The number of carbonyl (C=O) groups is 1. The number of H-pyrrole nitrogens is 1. The van der Waals surface area contributed by atoms with Gasteiger partial charge in [-0.25, -0.2) is 9.78 Å². The van der Waals surface area contributed by atoms with Crippen LogP contribution in [0.5, 0.6) is 0 Å². The lowest BCUT2D eigenvalue weighted by Gasteiger charge is -2.18. The summed E-state index contributed by atoms with van der Waals surface area (Å²) in [4.78, 5) is 30.9. The summed E-state index contributed by atoms with van der Waals surface area (Å²) < 4.78 is 1.42. The first-order valence-electron chi connectivity index (χ1n) is 6.07. The van der Waals surface area contributed by atoms with E-state index in [-0.39, 0.29) is 6.42 Å². The molecule has 0 aliphatic rings. The van der Waals surface area contributed by atoms with Gasteiger partial charge >= 0.3 is 11.7 Å². The lowest BCUT2D eigenvalue weighted by atomic mass is 10.1. The van der Waals surface area contributed by atoms with Crippen molar-refractivity contribution in [3.8, 4) is 0 Å². The monoisotopic (exact) mass is 277 g/mol. The molecule has 1 atom stereocenters. The molecule has 0 bridgehead atoms. The van der Waals surface area contributed by atoms with Crippen molar-refractivity contribution in [3.63, 3.8) is 0 Å². The lowest BCUT2D eigenvalue weighted by Crippen LogP contribution is -2.31. The van der Waals surface area contributed by atoms with E-state index in [1.54, 1.807) is 20.8 Å². The van der Waals surface area contributed by atoms with Crippen molar-refractivity contribution in [1.29, 1.82) is 0 Å². The van der Waals surface area contributed by atoms with E-state index < -0.39 is 17.7 Å². The van der Waals surface area contributed by atoms with Crippen LogP contribution in [0.15, 0.2) is 11.1 Å².